The average Bonchev–Trinajstić information content (AvgIpc) is 2.88. The Balaban J connectivity index is 2.35. The zero-order chi connectivity index (χ0) is 18.7. The predicted octanol–water partition coefficient (Wildman–Crippen LogP) is 5.74. The Morgan fingerprint density at radius 3 is 2.52 bits per heavy atom. The third-order valence-electron chi connectivity index (χ3n) is 6.15. The Bertz CT molecular complexity index is 545. The highest BCUT2D eigenvalue weighted by Crippen LogP contribution is 2.48. The maximum Gasteiger partial charge on any atom is 0.303 e. The summed E-state index contributed by atoms with van der Waals surface area (Å²) in [6, 6.07) is 0. The molecule has 0 N–H and O–H groups in total. The molecule has 3 nitrogen and oxygen atoms in total. The van der Waals surface area contributed by atoms with Gasteiger partial charge in [0.05, 0.1) is 5.60 Å². The van der Waals surface area contributed by atoms with Gasteiger partial charge >= 0.3 is 5.97 Å². The first-order valence-electron chi connectivity index (χ1n) is 9.85. The summed E-state index contributed by atoms with van der Waals surface area (Å²) in [6.45, 7) is 12.6. The summed E-state index contributed by atoms with van der Waals surface area (Å²) >= 11 is 0. The van der Waals surface area contributed by atoms with E-state index in [9.17, 15) is 4.79 Å². The molecule has 0 radical (unpaired) electrons. The molecule has 2 rings (SSSR count). The molecular formula is C22H36O3. The topological polar surface area (TPSA) is 35.5 Å². The SMILES string of the molecule is CC(=O)O[C@@H]1CC/C(C)=C/CC/C(C)=C\C[C@]2(C(C)C)CC[C@@]1(C)O2. The average molecular weight is 349 g/mol. The van der Waals surface area contributed by atoms with Crippen LogP contribution in [-0.2, 0) is 14.3 Å². The number of hydrogen-bond acceptors (Lipinski definition) is 3. The van der Waals surface area contributed by atoms with E-state index in [2.05, 4.69) is 46.8 Å². The van der Waals surface area contributed by atoms with Crippen LogP contribution in [0.4, 0.5) is 0 Å². The molecule has 0 aliphatic carbocycles. The van der Waals surface area contributed by atoms with E-state index in [1.165, 1.54) is 18.1 Å². The first-order chi connectivity index (χ1) is 11.7. The summed E-state index contributed by atoms with van der Waals surface area (Å²) in [6.07, 6.45) is 11.4. The molecule has 2 aliphatic rings. The van der Waals surface area contributed by atoms with Crippen LogP contribution in [0.3, 0.4) is 0 Å². The van der Waals surface area contributed by atoms with Crippen LogP contribution in [-0.4, -0.2) is 23.3 Å². The highest BCUT2D eigenvalue weighted by Gasteiger charge is 2.52. The van der Waals surface area contributed by atoms with Crippen LogP contribution in [0.5, 0.6) is 0 Å². The van der Waals surface area contributed by atoms with Gasteiger partial charge in [-0.3, -0.25) is 4.79 Å². The number of hydrogen-bond donors (Lipinski definition) is 0. The Labute approximate surface area is 153 Å². The van der Waals surface area contributed by atoms with E-state index in [4.69, 9.17) is 9.47 Å². The third-order valence-corrected chi connectivity index (χ3v) is 6.15. The molecule has 1 saturated heterocycles. The minimum Gasteiger partial charge on any atom is -0.459 e. The molecule has 0 amide bonds. The quantitative estimate of drug-likeness (QED) is 0.471. The summed E-state index contributed by atoms with van der Waals surface area (Å²) in [4.78, 5) is 11.7. The van der Waals surface area contributed by atoms with Crippen molar-refractivity contribution in [3.05, 3.63) is 23.3 Å². The maximum absolute atomic E-state index is 11.7. The maximum atomic E-state index is 11.7. The van der Waals surface area contributed by atoms with Gasteiger partial charge in [-0.25, -0.2) is 0 Å². The molecule has 3 heteroatoms. The van der Waals surface area contributed by atoms with Crippen molar-refractivity contribution in [1.29, 1.82) is 0 Å². The molecule has 142 valence electrons. The number of rotatable bonds is 2. The molecule has 2 aliphatic heterocycles. The van der Waals surface area contributed by atoms with Gasteiger partial charge in [-0.1, -0.05) is 37.1 Å². The molecule has 0 aromatic carbocycles. The van der Waals surface area contributed by atoms with Crippen molar-refractivity contribution >= 4 is 5.97 Å². The van der Waals surface area contributed by atoms with Gasteiger partial charge < -0.3 is 9.47 Å². The fraction of sp³-hybridized carbons (Fsp3) is 0.773. The van der Waals surface area contributed by atoms with Crippen LogP contribution in [0.15, 0.2) is 23.3 Å². The second-order valence-electron chi connectivity index (χ2n) is 8.61. The van der Waals surface area contributed by atoms with Gasteiger partial charge in [-0.05, 0) is 71.6 Å². The third kappa shape index (κ3) is 4.97. The van der Waals surface area contributed by atoms with Crippen LogP contribution < -0.4 is 0 Å². The second kappa shape index (κ2) is 8.07. The van der Waals surface area contributed by atoms with Crippen LogP contribution >= 0.6 is 0 Å². The largest absolute Gasteiger partial charge is 0.459 e. The first kappa shape index (κ1) is 20.2. The van der Waals surface area contributed by atoms with Gasteiger partial charge in [0, 0.05) is 6.92 Å². The van der Waals surface area contributed by atoms with E-state index in [-0.39, 0.29) is 17.7 Å². The summed E-state index contributed by atoms with van der Waals surface area (Å²) in [5.41, 5.74) is 2.27. The van der Waals surface area contributed by atoms with Crippen LogP contribution in [0, 0.1) is 5.92 Å². The van der Waals surface area contributed by atoms with Crippen molar-refractivity contribution < 1.29 is 14.3 Å². The van der Waals surface area contributed by atoms with E-state index in [0.717, 1.165) is 44.9 Å². The van der Waals surface area contributed by atoms with Crippen molar-refractivity contribution in [3.63, 3.8) is 0 Å². The summed E-state index contributed by atoms with van der Waals surface area (Å²) < 4.78 is 12.5. The van der Waals surface area contributed by atoms with Crippen molar-refractivity contribution in [2.45, 2.75) is 104 Å². The van der Waals surface area contributed by atoms with E-state index < -0.39 is 5.60 Å². The predicted molar refractivity (Wildman–Crippen MR) is 102 cm³/mol. The summed E-state index contributed by atoms with van der Waals surface area (Å²) in [5.74, 6) is 0.222. The Kier molecular flexibility index (Phi) is 6.53. The number of allylic oxidation sites excluding steroid dienone is 3. The zero-order valence-corrected chi connectivity index (χ0v) is 17.0. The van der Waals surface area contributed by atoms with Crippen molar-refractivity contribution in [3.8, 4) is 0 Å². The Morgan fingerprint density at radius 2 is 1.88 bits per heavy atom. The molecule has 2 bridgehead atoms. The van der Waals surface area contributed by atoms with E-state index in [0.29, 0.717) is 5.92 Å². The van der Waals surface area contributed by atoms with Gasteiger partial charge in [0.15, 0.2) is 0 Å². The van der Waals surface area contributed by atoms with E-state index in [1.807, 2.05) is 0 Å². The second-order valence-corrected chi connectivity index (χ2v) is 8.61. The van der Waals surface area contributed by atoms with Crippen molar-refractivity contribution in [2.24, 2.45) is 5.92 Å². The lowest BCUT2D eigenvalue weighted by molar-refractivity contribution is -0.186. The Morgan fingerprint density at radius 1 is 1.20 bits per heavy atom. The van der Waals surface area contributed by atoms with Crippen LogP contribution in [0.2, 0.25) is 0 Å². The fourth-order valence-electron chi connectivity index (χ4n) is 4.18. The fourth-order valence-corrected chi connectivity index (χ4v) is 4.18. The normalized spacial score (nSPS) is 38.6. The van der Waals surface area contributed by atoms with Crippen molar-refractivity contribution in [1.82, 2.24) is 0 Å². The standard InChI is InChI=1S/C22H36O3/c1-16(2)22-13-12-18(4)9-7-8-17(3)10-11-20(24-19(5)23)21(6,25-22)14-15-22/h8,12,16,20H,7,9-11,13-15H2,1-6H3/b17-8+,18-12-/t20-,21-,22-/m1/s1. The van der Waals surface area contributed by atoms with Gasteiger partial charge in [-0.2, -0.15) is 0 Å². The smallest absolute Gasteiger partial charge is 0.303 e. The lowest BCUT2D eigenvalue weighted by Gasteiger charge is -2.39. The highest BCUT2D eigenvalue weighted by atomic mass is 16.6. The minimum atomic E-state index is -0.397. The molecular weight excluding hydrogens is 312 g/mol. The monoisotopic (exact) mass is 348 g/mol. The van der Waals surface area contributed by atoms with Crippen LogP contribution in [0.1, 0.15) is 86.5 Å². The summed E-state index contributed by atoms with van der Waals surface area (Å²) in [7, 11) is 0. The number of carbonyl (C=O) groups is 1. The number of carbonyl (C=O) groups excluding carboxylic acids is 1. The first-order valence-corrected chi connectivity index (χ1v) is 9.85. The molecule has 1 fully saturated rings. The summed E-state index contributed by atoms with van der Waals surface area (Å²) in [5, 5.41) is 0. The molecule has 3 atom stereocenters. The number of ether oxygens (including phenoxy) is 2. The lowest BCUT2D eigenvalue weighted by Crippen LogP contribution is -2.46. The number of esters is 1. The van der Waals surface area contributed by atoms with Crippen molar-refractivity contribution in [2.75, 3.05) is 0 Å². The highest BCUT2D eigenvalue weighted by molar-refractivity contribution is 5.66. The molecule has 0 aromatic heterocycles. The molecule has 2 heterocycles. The van der Waals surface area contributed by atoms with Gasteiger partial charge in [0.2, 0.25) is 0 Å². The Hall–Kier alpha value is -1.09. The lowest BCUT2D eigenvalue weighted by atomic mass is 9.82. The molecule has 0 spiro atoms. The van der Waals surface area contributed by atoms with Gasteiger partial charge in [0.25, 0.3) is 0 Å². The number of fused-ring (bicyclic) bond motifs is 2. The molecule has 25 heavy (non-hydrogen) atoms. The zero-order valence-electron chi connectivity index (χ0n) is 17.0. The molecule has 0 saturated carbocycles. The molecule has 0 aromatic rings. The van der Waals surface area contributed by atoms with Gasteiger partial charge in [-0.15, -0.1) is 0 Å². The van der Waals surface area contributed by atoms with E-state index in [1.54, 1.807) is 0 Å². The minimum absolute atomic E-state index is 0.148. The van der Waals surface area contributed by atoms with Crippen LogP contribution in [0.25, 0.3) is 0 Å². The van der Waals surface area contributed by atoms with E-state index >= 15 is 0 Å². The molecule has 0 unspecified atom stereocenters. The van der Waals surface area contributed by atoms with Gasteiger partial charge in [0.1, 0.15) is 11.7 Å².